The van der Waals surface area contributed by atoms with Crippen molar-refractivity contribution >= 4 is 35.2 Å². The van der Waals surface area contributed by atoms with Gasteiger partial charge in [0.05, 0.1) is 21.9 Å². The molecule has 1 N–H and O–H groups in total. The number of allylic oxidation sites excluding steroid dienone is 4. The van der Waals surface area contributed by atoms with Crippen LogP contribution in [-0.2, 0) is 16.2 Å². The van der Waals surface area contributed by atoms with E-state index in [1.54, 1.807) is 23.9 Å². The number of carbonyl (C=O) groups excluding carboxylic acids is 1. The van der Waals surface area contributed by atoms with Crippen LogP contribution in [0.1, 0.15) is 81.4 Å². The number of rotatable bonds is 5. The van der Waals surface area contributed by atoms with Gasteiger partial charge in [0.1, 0.15) is 6.61 Å². The van der Waals surface area contributed by atoms with Crippen LogP contribution in [0.5, 0.6) is 0 Å². The van der Waals surface area contributed by atoms with Crippen molar-refractivity contribution in [3.63, 3.8) is 0 Å². The molecular weight excluding hydrogens is 529 g/mol. The second-order valence-corrected chi connectivity index (χ2v) is 13.0. The quantitative estimate of drug-likeness (QED) is 0.294. The van der Waals surface area contributed by atoms with Gasteiger partial charge >= 0.3 is 0 Å². The molecule has 0 heterocycles. The Morgan fingerprint density at radius 1 is 1.05 bits per heavy atom. The summed E-state index contributed by atoms with van der Waals surface area (Å²) >= 11 is 12.1. The number of aliphatic hydroxyl groups is 1. The Morgan fingerprint density at radius 3 is 2.62 bits per heavy atom. The van der Waals surface area contributed by atoms with Gasteiger partial charge in [0, 0.05) is 17.8 Å². The van der Waals surface area contributed by atoms with Gasteiger partial charge in [-0.05, 0) is 103 Å². The third-order valence-electron chi connectivity index (χ3n) is 10.1. The summed E-state index contributed by atoms with van der Waals surface area (Å²) < 4.78 is 0. The molecule has 3 unspecified atom stereocenters. The standard InChI is InChI=1S/C33H35Cl2NO3/c1-32-17-27(22-6-3-20(4-7-22)18-36-39-19-21-5-12-29(34)30(35)15-21)31-25-11-9-24(37)16-23(25)8-10-26(31)28(32)13-14-33(32,2)38/h3-7,12,15-16,18,26-28,38H,8-11,13-14,17,19H2,1-2H3/b36-18+/t26?,27-,28?,32+,33?/m1/s1. The van der Waals surface area contributed by atoms with Crippen LogP contribution >= 0.6 is 23.2 Å². The lowest BCUT2D eigenvalue weighted by atomic mass is 9.51. The van der Waals surface area contributed by atoms with Crippen LogP contribution in [0, 0.1) is 17.3 Å². The number of oxime groups is 1. The molecule has 2 aromatic rings. The zero-order valence-electron chi connectivity index (χ0n) is 22.6. The van der Waals surface area contributed by atoms with Gasteiger partial charge in [-0.1, -0.05) is 71.2 Å². The van der Waals surface area contributed by atoms with Crippen LogP contribution in [0.15, 0.2) is 70.4 Å². The fraction of sp³-hybridized carbons (Fsp3) is 0.455. The van der Waals surface area contributed by atoms with Gasteiger partial charge < -0.3 is 9.94 Å². The summed E-state index contributed by atoms with van der Waals surface area (Å²) in [5.74, 6) is 1.46. The van der Waals surface area contributed by atoms with Gasteiger partial charge in [0.2, 0.25) is 0 Å². The zero-order chi connectivity index (χ0) is 27.4. The Morgan fingerprint density at radius 2 is 1.85 bits per heavy atom. The number of fused-ring (bicyclic) bond motifs is 4. The van der Waals surface area contributed by atoms with Crippen LogP contribution in [0.2, 0.25) is 10.0 Å². The number of ketones is 1. The Kier molecular flexibility index (Phi) is 7.02. The monoisotopic (exact) mass is 563 g/mol. The molecule has 0 radical (unpaired) electrons. The van der Waals surface area contributed by atoms with Crippen molar-refractivity contribution in [1.29, 1.82) is 0 Å². The molecule has 0 saturated heterocycles. The van der Waals surface area contributed by atoms with Crippen LogP contribution in [-0.4, -0.2) is 22.7 Å². The highest BCUT2D eigenvalue weighted by Crippen LogP contribution is 2.66. The second-order valence-electron chi connectivity index (χ2n) is 12.2. The first kappa shape index (κ1) is 26.8. The molecule has 6 rings (SSSR count). The molecule has 0 aromatic heterocycles. The lowest BCUT2D eigenvalue weighted by Gasteiger charge is -2.54. The highest BCUT2D eigenvalue weighted by molar-refractivity contribution is 6.42. The summed E-state index contributed by atoms with van der Waals surface area (Å²) in [6, 6.07) is 14.0. The molecule has 39 heavy (non-hydrogen) atoms. The molecule has 5 atom stereocenters. The van der Waals surface area contributed by atoms with Crippen molar-refractivity contribution in [3.8, 4) is 0 Å². The molecule has 2 aromatic carbocycles. The molecule has 4 aliphatic rings. The van der Waals surface area contributed by atoms with Gasteiger partial charge in [-0.25, -0.2) is 0 Å². The molecule has 0 amide bonds. The number of nitrogens with zero attached hydrogens (tertiary/aromatic N) is 1. The number of carbonyl (C=O) groups is 1. The van der Waals surface area contributed by atoms with Gasteiger partial charge in [0.15, 0.2) is 5.78 Å². The molecule has 0 bridgehead atoms. The first-order valence-electron chi connectivity index (χ1n) is 14.0. The summed E-state index contributed by atoms with van der Waals surface area (Å²) in [6.45, 7) is 4.68. The minimum atomic E-state index is -0.664. The summed E-state index contributed by atoms with van der Waals surface area (Å²) in [5, 5.41) is 16.7. The SMILES string of the molecule is CC1(O)CCC2C3CCC4=CC(=O)CCC4=C3[C@@H](c3ccc(/C=N/OCc4ccc(Cl)c(Cl)c4)cc3)C[C@@]21C. The molecule has 204 valence electrons. The summed E-state index contributed by atoms with van der Waals surface area (Å²) in [4.78, 5) is 17.7. The summed E-state index contributed by atoms with van der Waals surface area (Å²) in [6.07, 6.45) is 10.0. The predicted octanol–water partition coefficient (Wildman–Crippen LogP) is 8.19. The van der Waals surface area contributed by atoms with Gasteiger partial charge in [0.25, 0.3) is 0 Å². The molecule has 6 heteroatoms. The molecule has 2 saturated carbocycles. The Hall–Kier alpha value is -2.40. The lowest BCUT2D eigenvalue weighted by molar-refractivity contribution is -0.114. The van der Waals surface area contributed by atoms with E-state index in [1.165, 1.54) is 16.7 Å². The summed E-state index contributed by atoms with van der Waals surface area (Å²) in [7, 11) is 0. The molecule has 0 aliphatic heterocycles. The van der Waals surface area contributed by atoms with E-state index in [1.807, 2.05) is 19.1 Å². The fourth-order valence-electron chi connectivity index (χ4n) is 7.83. The minimum Gasteiger partial charge on any atom is -0.391 e. The smallest absolute Gasteiger partial charge is 0.156 e. The highest BCUT2D eigenvalue weighted by atomic mass is 35.5. The Bertz CT molecular complexity index is 1390. The molecule has 4 nitrogen and oxygen atoms in total. The first-order chi connectivity index (χ1) is 18.7. The lowest BCUT2D eigenvalue weighted by Crippen LogP contribution is -2.50. The maximum atomic E-state index is 12.2. The van der Waals surface area contributed by atoms with Crippen LogP contribution in [0.25, 0.3) is 0 Å². The van der Waals surface area contributed by atoms with Gasteiger partial charge in [-0.2, -0.15) is 0 Å². The maximum Gasteiger partial charge on any atom is 0.156 e. The fourth-order valence-corrected chi connectivity index (χ4v) is 8.15. The molecule has 0 spiro atoms. The predicted molar refractivity (Wildman–Crippen MR) is 156 cm³/mol. The topological polar surface area (TPSA) is 58.9 Å². The number of hydrogen-bond acceptors (Lipinski definition) is 4. The largest absolute Gasteiger partial charge is 0.391 e. The van der Waals surface area contributed by atoms with Crippen molar-refractivity contribution in [2.45, 2.75) is 76.9 Å². The Balaban J connectivity index is 1.26. The van der Waals surface area contributed by atoms with Crippen LogP contribution in [0.4, 0.5) is 0 Å². The normalized spacial score (nSPS) is 32.1. The van der Waals surface area contributed by atoms with Crippen LogP contribution < -0.4 is 0 Å². The molecule has 4 aliphatic carbocycles. The Labute approximate surface area is 240 Å². The van der Waals surface area contributed by atoms with E-state index in [9.17, 15) is 9.90 Å². The van der Waals surface area contributed by atoms with E-state index >= 15 is 0 Å². The van der Waals surface area contributed by atoms with Crippen molar-refractivity contribution < 1.29 is 14.7 Å². The number of benzene rings is 2. The zero-order valence-corrected chi connectivity index (χ0v) is 24.1. The van der Waals surface area contributed by atoms with E-state index in [4.69, 9.17) is 28.0 Å². The molecule has 2 fully saturated rings. The van der Waals surface area contributed by atoms with Crippen LogP contribution in [0.3, 0.4) is 0 Å². The maximum absolute atomic E-state index is 12.2. The first-order valence-corrected chi connectivity index (χ1v) is 14.8. The van der Waals surface area contributed by atoms with E-state index in [2.05, 4.69) is 36.3 Å². The molecular formula is C33H35Cl2NO3. The second kappa shape index (κ2) is 10.2. The van der Waals surface area contributed by atoms with Crippen molar-refractivity contribution in [3.05, 3.63) is 92.0 Å². The average Bonchev–Trinajstić information content (AvgIpc) is 3.16. The van der Waals surface area contributed by atoms with Gasteiger partial charge in [-0.15, -0.1) is 0 Å². The third-order valence-corrected chi connectivity index (χ3v) is 10.9. The van der Waals surface area contributed by atoms with Crippen molar-refractivity contribution in [2.24, 2.45) is 22.4 Å². The van der Waals surface area contributed by atoms with E-state index in [0.29, 0.717) is 34.9 Å². The average molecular weight is 565 g/mol. The summed E-state index contributed by atoms with van der Waals surface area (Å²) in [5.41, 5.74) is 6.59. The highest BCUT2D eigenvalue weighted by Gasteiger charge is 2.60. The number of halogens is 2. The van der Waals surface area contributed by atoms with E-state index < -0.39 is 5.60 Å². The third kappa shape index (κ3) is 4.79. The minimum absolute atomic E-state index is 0.128. The van der Waals surface area contributed by atoms with E-state index in [-0.39, 0.29) is 17.1 Å². The van der Waals surface area contributed by atoms with Crippen molar-refractivity contribution in [1.82, 2.24) is 0 Å². The van der Waals surface area contributed by atoms with E-state index in [0.717, 1.165) is 49.7 Å². The van der Waals surface area contributed by atoms with Gasteiger partial charge in [-0.3, -0.25) is 4.79 Å². The van der Waals surface area contributed by atoms with Crippen molar-refractivity contribution in [2.75, 3.05) is 0 Å². The number of hydrogen-bond donors (Lipinski definition) is 1.